The van der Waals surface area contributed by atoms with Gasteiger partial charge in [0.15, 0.2) is 0 Å². The number of rotatable bonds is 8. The number of imide groups is 1. The van der Waals surface area contributed by atoms with Crippen LogP contribution in [0.3, 0.4) is 0 Å². The molecule has 3 amide bonds. The van der Waals surface area contributed by atoms with Crippen molar-refractivity contribution in [1.82, 2.24) is 10.6 Å². The lowest BCUT2D eigenvalue weighted by Crippen LogP contribution is -2.40. The van der Waals surface area contributed by atoms with Crippen molar-refractivity contribution in [2.45, 2.75) is 39.0 Å². The molecule has 0 aliphatic rings. The van der Waals surface area contributed by atoms with E-state index in [-0.39, 0.29) is 18.8 Å². The van der Waals surface area contributed by atoms with Gasteiger partial charge in [-0.2, -0.15) is 0 Å². The Kier molecular flexibility index (Phi) is 8.88. The molecule has 0 fully saturated rings. The van der Waals surface area contributed by atoms with E-state index in [0.717, 1.165) is 12.8 Å². The first-order valence-corrected chi connectivity index (χ1v) is 6.18. The molecule has 0 aliphatic carbocycles. The van der Waals surface area contributed by atoms with E-state index in [1.807, 2.05) is 0 Å². The van der Waals surface area contributed by atoms with Crippen molar-refractivity contribution in [3.63, 3.8) is 0 Å². The molecule has 0 saturated heterocycles. The predicted molar refractivity (Wildman–Crippen MR) is 70.3 cm³/mol. The molecular weight excluding hydrogens is 248 g/mol. The number of unbranched alkanes of at least 4 members (excludes halogenated alkanes) is 2. The van der Waals surface area contributed by atoms with Crippen LogP contribution in [0.1, 0.15) is 39.0 Å². The molecule has 0 saturated carbocycles. The molecule has 0 aliphatic heterocycles. The minimum Gasteiger partial charge on any atom is -0.481 e. The van der Waals surface area contributed by atoms with Gasteiger partial charge in [0.05, 0.1) is 0 Å². The standard InChI is InChI=1S/C13H20N2O4/c1-3-4-5-6-7-14-13(19)15-11(16)8-10(2)9-12(17)18/h1,10H,4-9H2,2H3,(H,17,18)(H2,14,15,16,19). The number of carboxylic acid groups (broad SMARTS) is 1. The fourth-order valence-electron chi connectivity index (χ4n) is 1.46. The van der Waals surface area contributed by atoms with Gasteiger partial charge in [0.1, 0.15) is 0 Å². The average molecular weight is 268 g/mol. The summed E-state index contributed by atoms with van der Waals surface area (Å²) in [4.78, 5) is 33.1. The molecule has 0 aromatic rings. The van der Waals surface area contributed by atoms with Crippen molar-refractivity contribution in [1.29, 1.82) is 0 Å². The molecule has 0 bridgehead atoms. The molecule has 0 spiro atoms. The molecule has 1 atom stereocenters. The zero-order valence-corrected chi connectivity index (χ0v) is 11.1. The van der Waals surface area contributed by atoms with Crippen LogP contribution in [-0.4, -0.2) is 29.6 Å². The Morgan fingerprint density at radius 1 is 1.26 bits per heavy atom. The van der Waals surface area contributed by atoms with E-state index in [9.17, 15) is 14.4 Å². The number of terminal acetylenes is 1. The van der Waals surface area contributed by atoms with Crippen LogP contribution in [0.4, 0.5) is 4.79 Å². The average Bonchev–Trinajstić information content (AvgIpc) is 2.26. The van der Waals surface area contributed by atoms with E-state index in [2.05, 4.69) is 16.6 Å². The number of urea groups is 1. The van der Waals surface area contributed by atoms with Crippen molar-refractivity contribution in [2.24, 2.45) is 5.92 Å². The fourth-order valence-corrected chi connectivity index (χ4v) is 1.46. The van der Waals surface area contributed by atoms with E-state index in [1.54, 1.807) is 6.92 Å². The van der Waals surface area contributed by atoms with Crippen LogP contribution in [0.2, 0.25) is 0 Å². The molecule has 3 N–H and O–H groups in total. The van der Waals surface area contributed by atoms with Gasteiger partial charge in [0.25, 0.3) is 0 Å². The number of carbonyl (C=O) groups is 3. The van der Waals surface area contributed by atoms with Crippen molar-refractivity contribution in [3.05, 3.63) is 0 Å². The summed E-state index contributed by atoms with van der Waals surface area (Å²) in [6, 6.07) is -0.562. The normalized spacial score (nSPS) is 11.2. The van der Waals surface area contributed by atoms with Gasteiger partial charge < -0.3 is 10.4 Å². The molecule has 6 nitrogen and oxygen atoms in total. The van der Waals surface area contributed by atoms with Crippen LogP contribution >= 0.6 is 0 Å². The minimum atomic E-state index is -0.960. The quantitative estimate of drug-likeness (QED) is 0.454. The lowest BCUT2D eigenvalue weighted by Gasteiger charge is -2.09. The fraction of sp³-hybridized carbons (Fsp3) is 0.615. The summed E-state index contributed by atoms with van der Waals surface area (Å²) in [5.74, 6) is 0.753. The number of carbonyl (C=O) groups excluding carboxylic acids is 2. The van der Waals surface area contributed by atoms with Crippen LogP contribution in [0.25, 0.3) is 0 Å². The van der Waals surface area contributed by atoms with Gasteiger partial charge in [-0.25, -0.2) is 4.79 Å². The number of carboxylic acids is 1. The summed E-state index contributed by atoms with van der Waals surface area (Å²) < 4.78 is 0. The number of hydrogen-bond donors (Lipinski definition) is 3. The van der Waals surface area contributed by atoms with E-state index in [4.69, 9.17) is 11.5 Å². The van der Waals surface area contributed by atoms with Gasteiger partial charge >= 0.3 is 12.0 Å². The lowest BCUT2D eigenvalue weighted by atomic mass is 10.0. The highest BCUT2D eigenvalue weighted by atomic mass is 16.4. The van der Waals surface area contributed by atoms with Gasteiger partial charge in [-0.1, -0.05) is 6.92 Å². The SMILES string of the molecule is C#CCCCCNC(=O)NC(=O)CC(C)CC(=O)O. The summed E-state index contributed by atoms with van der Waals surface area (Å²) in [5.41, 5.74) is 0. The van der Waals surface area contributed by atoms with Crippen LogP contribution < -0.4 is 10.6 Å². The molecule has 6 heteroatoms. The van der Waals surface area contributed by atoms with Gasteiger partial charge in [-0.05, 0) is 18.8 Å². The van der Waals surface area contributed by atoms with Gasteiger partial charge in [0.2, 0.25) is 5.91 Å². The third-order valence-corrected chi connectivity index (χ3v) is 2.34. The largest absolute Gasteiger partial charge is 0.481 e. The number of amides is 3. The minimum absolute atomic E-state index is 0.0107. The summed E-state index contributed by atoms with van der Waals surface area (Å²) in [7, 11) is 0. The third kappa shape index (κ3) is 10.8. The number of aliphatic carboxylic acids is 1. The second-order valence-electron chi connectivity index (χ2n) is 4.37. The Morgan fingerprint density at radius 3 is 2.53 bits per heavy atom. The van der Waals surface area contributed by atoms with E-state index in [0.29, 0.717) is 13.0 Å². The second kappa shape index (κ2) is 9.95. The van der Waals surface area contributed by atoms with Crippen molar-refractivity contribution in [3.8, 4) is 12.3 Å². The number of nitrogens with one attached hydrogen (secondary N) is 2. The maximum absolute atomic E-state index is 11.4. The molecule has 0 radical (unpaired) electrons. The lowest BCUT2D eigenvalue weighted by molar-refractivity contribution is -0.138. The Bertz CT molecular complexity index is 360. The molecule has 0 aromatic carbocycles. The molecule has 0 heterocycles. The maximum atomic E-state index is 11.4. The van der Waals surface area contributed by atoms with Crippen LogP contribution in [0.5, 0.6) is 0 Å². The molecule has 0 aromatic heterocycles. The third-order valence-electron chi connectivity index (χ3n) is 2.34. The smallest absolute Gasteiger partial charge is 0.321 e. The molecule has 0 rings (SSSR count). The van der Waals surface area contributed by atoms with Crippen LogP contribution in [0.15, 0.2) is 0 Å². The van der Waals surface area contributed by atoms with Crippen LogP contribution in [-0.2, 0) is 9.59 Å². The Hall–Kier alpha value is -2.03. The van der Waals surface area contributed by atoms with Gasteiger partial charge in [-0.3, -0.25) is 14.9 Å². The molecular formula is C13H20N2O4. The van der Waals surface area contributed by atoms with Crippen LogP contribution in [0, 0.1) is 18.3 Å². The topological polar surface area (TPSA) is 95.5 Å². The first-order chi connectivity index (χ1) is 8.95. The highest BCUT2D eigenvalue weighted by Gasteiger charge is 2.14. The molecule has 19 heavy (non-hydrogen) atoms. The van der Waals surface area contributed by atoms with E-state index >= 15 is 0 Å². The second-order valence-corrected chi connectivity index (χ2v) is 4.37. The Balaban J connectivity index is 3.72. The Labute approximate surface area is 112 Å². The maximum Gasteiger partial charge on any atom is 0.321 e. The zero-order valence-electron chi connectivity index (χ0n) is 11.1. The molecule has 106 valence electrons. The summed E-state index contributed by atoms with van der Waals surface area (Å²) >= 11 is 0. The number of hydrogen-bond acceptors (Lipinski definition) is 3. The van der Waals surface area contributed by atoms with Crippen molar-refractivity contribution >= 4 is 17.9 Å². The summed E-state index contributed by atoms with van der Waals surface area (Å²) in [6.07, 6.45) is 7.23. The highest BCUT2D eigenvalue weighted by Crippen LogP contribution is 2.06. The molecule has 1 unspecified atom stereocenters. The van der Waals surface area contributed by atoms with E-state index < -0.39 is 17.9 Å². The summed E-state index contributed by atoms with van der Waals surface area (Å²) in [6.45, 7) is 2.09. The zero-order chi connectivity index (χ0) is 14.7. The van der Waals surface area contributed by atoms with Crippen molar-refractivity contribution < 1.29 is 19.5 Å². The predicted octanol–water partition coefficient (Wildman–Crippen LogP) is 1.12. The van der Waals surface area contributed by atoms with E-state index in [1.165, 1.54) is 0 Å². The van der Waals surface area contributed by atoms with Gasteiger partial charge in [0, 0.05) is 25.8 Å². The summed E-state index contributed by atoms with van der Waals surface area (Å²) in [5, 5.41) is 13.2. The van der Waals surface area contributed by atoms with Crippen molar-refractivity contribution in [2.75, 3.05) is 6.54 Å². The first-order valence-electron chi connectivity index (χ1n) is 6.18. The Morgan fingerprint density at radius 2 is 1.95 bits per heavy atom. The first kappa shape index (κ1) is 17.0. The highest BCUT2D eigenvalue weighted by molar-refractivity contribution is 5.94. The van der Waals surface area contributed by atoms with Gasteiger partial charge in [-0.15, -0.1) is 12.3 Å². The monoisotopic (exact) mass is 268 g/mol.